The Morgan fingerprint density at radius 2 is 2.06 bits per heavy atom. The molecule has 0 aliphatic heterocycles. The molecule has 0 aromatic heterocycles. The normalized spacial score (nSPS) is 10.3. The molecule has 0 radical (unpaired) electrons. The predicted octanol–water partition coefficient (Wildman–Crippen LogP) is 2.43. The Morgan fingerprint density at radius 3 is 2.78 bits per heavy atom. The van der Waals surface area contributed by atoms with Crippen LogP contribution in [0.15, 0.2) is 24.3 Å². The molecular weight excluding hydrogens is 230 g/mol. The quantitative estimate of drug-likeness (QED) is 0.662. The number of hydrogen-bond acceptors (Lipinski definition) is 3. The number of nitrogens with one attached hydrogen (secondary N) is 1. The van der Waals surface area contributed by atoms with E-state index in [2.05, 4.69) is 5.32 Å². The van der Waals surface area contributed by atoms with Gasteiger partial charge in [0.2, 0.25) is 0 Å². The number of carboxylic acid groups (broad SMARTS) is 1. The number of carbonyl (C=O) groups is 1. The molecule has 1 rings (SSSR count). The highest BCUT2D eigenvalue weighted by molar-refractivity contribution is 5.66. The maximum atomic E-state index is 10.3. The van der Waals surface area contributed by atoms with Gasteiger partial charge in [-0.15, -0.1) is 0 Å². The number of unbranched alkanes of at least 4 members (excludes halogenated alkanes) is 2. The van der Waals surface area contributed by atoms with Crippen LogP contribution in [0.25, 0.3) is 0 Å². The van der Waals surface area contributed by atoms with Crippen molar-refractivity contribution in [3.8, 4) is 5.75 Å². The Kier molecular flexibility index (Phi) is 6.87. The summed E-state index contributed by atoms with van der Waals surface area (Å²) in [7, 11) is 1.91. The van der Waals surface area contributed by atoms with Gasteiger partial charge in [0.05, 0.1) is 6.61 Å². The van der Waals surface area contributed by atoms with E-state index in [1.165, 1.54) is 0 Å². The van der Waals surface area contributed by atoms with E-state index < -0.39 is 5.97 Å². The third-order valence-corrected chi connectivity index (χ3v) is 2.63. The summed E-state index contributed by atoms with van der Waals surface area (Å²) in [6.07, 6.45) is 2.74. The van der Waals surface area contributed by atoms with Crippen LogP contribution in [0.2, 0.25) is 0 Å². The van der Waals surface area contributed by atoms with Crippen molar-refractivity contribution in [3.05, 3.63) is 29.8 Å². The van der Waals surface area contributed by atoms with Gasteiger partial charge < -0.3 is 15.2 Å². The molecule has 4 heteroatoms. The lowest BCUT2D eigenvalue weighted by molar-refractivity contribution is -0.137. The zero-order chi connectivity index (χ0) is 13.2. The van der Waals surface area contributed by atoms with E-state index >= 15 is 0 Å². The van der Waals surface area contributed by atoms with Crippen LogP contribution < -0.4 is 10.1 Å². The second-order valence-corrected chi connectivity index (χ2v) is 4.19. The monoisotopic (exact) mass is 251 g/mol. The molecule has 0 atom stereocenters. The van der Waals surface area contributed by atoms with Crippen LogP contribution in [0.1, 0.15) is 31.2 Å². The van der Waals surface area contributed by atoms with Crippen molar-refractivity contribution in [1.82, 2.24) is 5.32 Å². The third-order valence-electron chi connectivity index (χ3n) is 2.63. The van der Waals surface area contributed by atoms with Gasteiger partial charge in [-0.25, -0.2) is 0 Å². The SMILES string of the molecule is CNCc1ccccc1OCCCCCC(=O)O. The number of para-hydroxylation sites is 1. The molecule has 0 fully saturated rings. The van der Waals surface area contributed by atoms with Crippen LogP contribution in [0.3, 0.4) is 0 Å². The molecule has 0 saturated heterocycles. The first-order valence-electron chi connectivity index (χ1n) is 6.31. The molecule has 100 valence electrons. The lowest BCUT2D eigenvalue weighted by atomic mass is 10.2. The topological polar surface area (TPSA) is 58.6 Å². The van der Waals surface area contributed by atoms with E-state index in [0.717, 1.165) is 37.1 Å². The highest BCUT2D eigenvalue weighted by Gasteiger charge is 2.01. The molecule has 0 aliphatic rings. The molecular formula is C14H21NO3. The van der Waals surface area contributed by atoms with Crippen molar-refractivity contribution in [2.24, 2.45) is 0 Å². The maximum Gasteiger partial charge on any atom is 0.303 e. The van der Waals surface area contributed by atoms with Crippen LogP contribution in [0.4, 0.5) is 0 Å². The minimum absolute atomic E-state index is 0.246. The van der Waals surface area contributed by atoms with Crippen molar-refractivity contribution < 1.29 is 14.6 Å². The molecule has 18 heavy (non-hydrogen) atoms. The molecule has 1 aromatic carbocycles. The first-order chi connectivity index (χ1) is 8.74. The molecule has 0 heterocycles. The summed E-state index contributed by atoms with van der Waals surface area (Å²) in [6.45, 7) is 1.43. The number of aliphatic carboxylic acids is 1. The van der Waals surface area contributed by atoms with E-state index in [1.54, 1.807) is 0 Å². The van der Waals surface area contributed by atoms with Crippen molar-refractivity contribution in [2.75, 3.05) is 13.7 Å². The Labute approximate surface area is 108 Å². The largest absolute Gasteiger partial charge is 0.493 e. The third kappa shape index (κ3) is 5.68. The van der Waals surface area contributed by atoms with E-state index in [-0.39, 0.29) is 6.42 Å². The van der Waals surface area contributed by atoms with Gasteiger partial charge in [0.15, 0.2) is 0 Å². The lowest BCUT2D eigenvalue weighted by Gasteiger charge is -2.10. The van der Waals surface area contributed by atoms with Crippen LogP contribution in [-0.4, -0.2) is 24.7 Å². The van der Waals surface area contributed by atoms with Gasteiger partial charge in [-0.2, -0.15) is 0 Å². The van der Waals surface area contributed by atoms with Crippen molar-refractivity contribution >= 4 is 5.97 Å². The Bertz CT molecular complexity index is 366. The summed E-state index contributed by atoms with van der Waals surface area (Å²) in [4.78, 5) is 10.3. The maximum absolute atomic E-state index is 10.3. The smallest absolute Gasteiger partial charge is 0.303 e. The summed E-state index contributed by atoms with van der Waals surface area (Å²) in [6, 6.07) is 7.95. The molecule has 0 amide bonds. The molecule has 0 saturated carbocycles. The summed E-state index contributed by atoms with van der Waals surface area (Å²) in [5.74, 6) is 0.181. The van der Waals surface area contributed by atoms with Crippen LogP contribution in [0, 0.1) is 0 Å². The summed E-state index contributed by atoms with van der Waals surface area (Å²) >= 11 is 0. The average molecular weight is 251 g/mol. The highest BCUT2D eigenvalue weighted by atomic mass is 16.5. The van der Waals surface area contributed by atoms with Gasteiger partial charge in [-0.05, 0) is 32.4 Å². The fourth-order valence-corrected chi connectivity index (χ4v) is 1.72. The number of rotatable bonds is 9. The molecule has 1 aromatic rings. The second kappa shape index (κ2) is 8.53. The van der Waals surface area contributed by atoms with Crippen LogP contribution >= 0.6 is 0 Å². The van der Waals surface area contributed by atoms with Gasteiger partial charge in [-0.1, -0.05) is 18.2 Å². The average Bonchev–Trinajstić information content (AvgIpc) is 2.35. The highest BCUT2D eigenvalue weighted by Crippen LogP contribution is 2.18. The minimum atomic E-state index is -0.727. The number of hydrogen-bond donors (Lipinski definition) is 2. The fraction of sp³-hybridized carbons (Fsp3) is 0.500. The van der Waals surface area contributed by atoms with Gasteiger partial charge in [-0.3, -0.25) is 4.79 Å². The zero-order valence-corrected chi connectivity index (χ0v) is 10.8. The zero-order valence-electron chi connectivity index (χ0n) is 10.8. The molecule has 0 aliphatic carbocycles. The molecule has 2 N–H and O–H groups in total. The predicted molar refractivity (Wildman–Crippen MR) is 70.8 cm³/mol. The van der Waals surface area contributed by atoms with Gasteiger partial charge in [0, 0.05) is 18.5 Å². The van der Waals surface area contributed by atoms with E-state index in [4.69, 9.17) is 9.84 Å². The first-order valence-corrected chi connectivity index (χ1v) is 6.31. The molecule has 4 nitrogen and oxygen atoms in total. The summed E-state index contributed by atoms with van der Waals surface area (Å²) < 4.78 is 5.71. The molecule has 0 bridgehead atoms. The summed E-state index contributed by atoms with van der Waals surface area (Å²) in [5.41, 5.74) is 1.14. The Morgan fingerprint density at radius 1 is 1.28 bits per heavy atom. The summed E-state index contributed by atoms with van der Waals surface area (Å²) in [5, 5.41) is 11.6. The van der Waals surface area contributed by atoms with E-state index in [9.17, 15) is 4.79 Å². The second-order valence-electron chi connectivity index (χ2n) is 4.19. The number of benzene rings is 1. The van der Waals surface area contributed by atoms with Crippen LogP contribution in [0.5, 0.6) is 5.75 Å². The minimum Gasteiger partial charge on any atom is -0.493 e. The van der Waals surface area contributed by atoms with E-state index in [0.29, 0.717) is 6.61 Å². The van der Waals surface area contributed by atoms with Gasteiger partial charge in [0.1, 0.15) is 5.75 Å². The standard InChI is InChI=1S/C14H21NO3/c1-15-11-12-7-4-5-8-13(12)18-10-6-2-3-9-14(16)17/h4-5,7-8,15H,2-3,6,9-11H2,1H3,(H,16,17). The van der Waals surface area contributed by atoms with Crippen molar-refractivity contribution in [3.63, 3.8) is 0 Å². The van der Waals surface area contributed by atoms with Crippen molar-refractivity contribution in [1.29, 1.82) is 0 Å². The molecule has 0 spiro atoms. The van der Waals surface area contributed by atoms with Gasteiger partial charge in [0.25, 0.3) is 0 Å². The van der Waals surface area contributed by atoms with Crippen LogP contribution in [-0.2, 0) is 11.3 Å². The van der Waals surface area contributed by atoms with E-state index in [1.807, 2.05) is 31.3 Å². The molecule has 0 unspecified atom stereocenters. The van der Waals surface area contributed by atoms with Gasteiger partial charge >= 0.3 is 5.97 Å². The van der Waals surface area contributed by atoms with Crippen molar-refractivity contribution in [2.45, 2.75) is 32.2 Å². The number of carboxylic acids is 1. The first kappa shape index (κ1) is 14.5. The Hall–Kier alpha value is -1.55. The Balaban J connectivity index is 2.24. The number of ether oxygens (including phenoxy) is 1. The lowest BCUT2D eigenvalue weighted by Crippen LogP contribution is -2.08. The fourth-order valence-electron chi connectivity index (χ4n) is 1.72.